The molecule has 7 nitrogen and oxygen atoms in total. The molecule has 4 heterocycles. The van der Waals surface area contributed by atoms with Crippen molar-refractivity contribution in [1.29, 1.82) is 0 Å². The van der Waals surface area contributed by atoms with Crippen molar-refractivity contribution >= 4 is 16.9 Å². The predicted molar refractivity (Wildman–Crippen MR) is 127 cm³/mol. The molecule has 1 aromatic carbocycles. The molecule has 0 saturated carbocycles. The van der Waals surface area contributed by atoms with Crippen LogP contribution in [0.15, 0.2) is 35.1 Å². The van der Waals surface area contributed by atoms with E-state index >= 15 is 0 Å². The van der Waals surface area contributed by atoms with Crippen LogP contribution in [0.1, 0.15) is 66.2 Å². The fraction of sp³-hybridized carbons (Fsp3) is 0.538. The molecule has 1 atom stereocenters. The molecule has 5 rings (SSSR count). The van der Waals surface area contributed by atoms with Crippen LogP contribution >= 0.6 is 0 Å². The Morgan fingerprint density at radius 2 is 1.97 bits per heavy atom. The zero-order chi connectivity index (χ0) is 23.7. The number of carbonyl (C=O) groups is 1. The molecule has 0 bridgehead atoms. The molecule has 1 unspecified atom stereocenters. The van der Waals surface area contributed by atoms with Gasteiger partial charge >= 0.3 is 0 Å². The van der Waals surface area contributed by atoms with Gasteiger partial charge < -0.3 is 23.6 Å². The van der Waals surface area contributed by atoms with Crippen molar-refractivity contribution in [1.82, 2.24) is 19.5 Å². The van der Waals surface area contributed by atoms with Crippen LogP contribution in [0.2, 0.25) is 0 Å². The summed E-state index contributed by atoms with van der Waals surface area (Å²) in [5, 5.41) is 5.17. The molecular formula is C26H33FN4O3. The van der Waals surface area contributed by atoms with Crippen LogP contribution in [-0.4, -0.2) is 64.8 Å². The van der Waals surface area contributed by atoms with Gasteiger partial charge in [0.05, 0.1) is 17.4 Å². The number of aromatic nitrogens is 2. The minimum absolute atomic E-state index is 0.0155. The summed E-state index contributed by atoms with van der Waals surface area (Å²) in [5.41, 5.74) is 3.26. The van der Waals surface area contributed by atoms with Crippen molar-refractivity contribution in [2.24, 2.45) is 7.05 Å². The Kier molecular flexibility index (Phi) is 6.70. The second kappa shape index (κ2) is 9.88. The maximum absolute atomic E-state index is 13.4. The molecule has 2 aliphatic heterocycles. The van der Waals surface area contributed by atoms with Gasteiger partial charge in [-0.3, -0.25) is 4.79 Å². The van der Waals surface area contributed by atoms with Crippen molar-refractivity contribution < 1.29 is 18.4 Å². The topological polar surface area (TPSA) is 63.7 Å². The van der Waals surface area contributed by atoms with E-state index < -0.39 is 0 Å². The minimum Gasteiger partial charge on any atom is -0.374 e. The van der Waals surface area contributed by atoms with Crippen molar-refractivity contribution in [2.75, 3.05) is 39.3 Å². The Labute approximate surface area is 199 Å². The fourth-order valence-corrected chi connectivity index (χ4v) is 5.47. The third-order valence-electron chi connectivity index (χ3n) is 7.22. The van der Waals surface area contributed by atoms with E-state index in [2.05, 4.69) is 10.1 Å². The number of carbonyl (C=O) groups excluding carboxylic acids is 1. The van der Waals surface area contributed by atoms with E-state index in [1.807, 2.05) is 35.8 Å². The largest absolute Gasteiger partial charge is 0.374 e. The van der Waals surface area contributed by atoms with Crippen molar-refractivity contribution in [3.8, 4) is 0 Å². The number of amides is 1. The summed E-state index contributed by atoms with van der Waals surface area (Å²) in [6.45, 7) is 7.07. The van der Waals surface area contributed by atoms with Crippen LogP contribution < -0.4 is 0 Å². The van der Waals surface area contributed by atoms with E-state index in [0.29, 0.717) is 18.1 Å². The van der Waals surface area contributed by atoms with Crippen molar-refractivity contribution in [3.05, 3.63) is 53.2 Å². The Bertz CT molecular complexity index is 1150. The van der Waals surface area contributed by atoms with Gasteiger partial charge in [0.2, 0.25) is 0 Å². The molecule has 0 aliphatic carbocycles. The Morgan fingerprint density at radius 1 is 1.15 bits per heavy atom. The van der Waals surface area contributed by atoms with E-state index in [4.69, 9.17) is 9.26 Å². The number of rotatable bonds is 7. The van der Waals surface area contributed by atoms with Gasteiger partial charge in [-0.2, -0.15) is 0 Å². The highest BCUT2D eigenvalue weighted by Crippen LogP contribution is 2.33. The summed E-state index contributed by atoms with van der Waals surface area (Å²) in [5.74, 6) is 0.151. The van der Waals surface area contributed by atoms with E-state index in [1.165, 1.54) is 12.1 Å². The number of halogens is 1. The second-order valence-electron chi connectivity index (χ2n) is 9.50. The first-order valence-electron chi connectivity index (χ1n) is 12.4. The van der Waals surface area contributed by atoms with Crippen LogP contribution in [0.25, 0.3) is 11.0 Å². The molecule has 0 spiro atoms. The maximum Gasteiger partial charge on any atom is 0.255 e. The van der Waals surface area contributed by atoms with Crippen LogP contribution in [0.5, 0.6) is 0 Å². The van der Waals surface area contributed by atoms with E-state index in [-0.39, 0.29) is 17.8 Å². The Balaban J connectivity index is 1.14. The SMILES string of the molecule is CCOC1CCN(CCCN2CCC(c3noc4cc(F)ccc34)CC2)C(=O)c2cn(C)cc21. The van der Waals surface area contributed by atoms with Gasteiger partial charge in [-0.1, -0.05) is 5.16 Å². The molecule has 0 radical (unpaired) electrons. The van der Waals surface area contributed by atoms with Gasteiger partial charge in [0.25, 0.3) is 5.91 Å². The number of likely N-dealkylation sites (tertiary alicyclic amines) is 1. The molecular weight excluding hydrogens is 435 g/mol. The van der Waals surface area contributed by atoms with Crippen LogP contribution in [0.3, 0.4) is 0 Å². The average Bonchev–Trinajstić information content (AvgIpc) is 3.40. The molecule has 2 aromatic heterocycles. The molecule has 182 valence electrons. The lowest BCUT2D eigenvalue weighted by Crippen LogP contribution is -2.37. The van der Waals surface area contributed by atoms with Gasteiger partial charge in [-0.15, -0.1) is 0 Å². The number of nitrogens with zero attached hydrogens (tertiary/aromatic N) is 4. The summed E-state index contributed by atoms with van der Waals surface area (Å²) in [4.78, 5) is 17.6. The Morgan fingerprint density at radius 3 is 2.76 bits per heavy atom. The van der Waals surface area contributed by atoms with E-state index in [0.717, 1.165) is 80.6 Å². The first-order chi connectivity index (χ1) is 16.5. The van der Waals surface area contributed by atoms with Crippen LogP contribution in [0.4, 0.5) is 4.39 Å². The number of ether oxygens (including phenoxy) is 1. The third-order valence-corrected chi connectivity index (χ3v) is 7.22. The number of aryl methyl sites for hydroxylation is 1. The predicted octanol–water partition coefficient (Wildman–Crippen LogP) is 4.50. The van der Waals surface area contributed by atoms with Crippen molar-refractivity contribution in [3.63, 3.8) is 0 Å². The lowest BCUT2D eigenvalue weighted by Gasteiger charge is -2.31. The standard InChI is InChI=1S/C26H33FN4O3/c1-3-33-23-9-14-31(26(32)22-17-29(2)16-21(22)23)11-4-10-30-12-7-18(8-13-30)25-20-6-5-19(27)15-24(20)34-28-25/h5-6,15-18,23H,3-4,7-14H2,1-2H3. The average molecular weight is 469 g/mol. The smallest absolute Gasteiger partial charge is 0.255 e. The zero-order valence-electron chi connectivity index (χ0n) is 20.0. The van der Waals surface area contributed by atoms with Gasteiger partial charge in [0, 0.05) is 62.1 Å². The normalized spacial score (nSPS) is 20.1. The monoisotopic (exact) mass is 468 g/mol. The number of hydrogen-bond acceptors (Lipinski definition) is 5. The highest BCUT2D eigenvalue weighted by atomic mass is 19.1. The lowest BCUT2D eigenvalue weighted by molar-refractivity contribution is 0.0499. The lowest BCUT2D eigenvalue weighted by atomic mass is 9.91. The summed E-state index contributed by atoms with van der Waals surface area (Å²) in [7, 11) is 1.96. The molecule has 0 N–H and O–H groups in total. The number of benzene rings is 1. The zero-order valence-corrected chi connectivity index (χ0v) is 20.0. The first kappa shape index (κ1) is 23.1. The first-order valence-corrected chi connectivity index (χ1v) is 12.4. The molecule has 3 aromatic rings. The summed E-state index contributed by atoms with van der Waals surface area (Å²) >= 11 is 0. The number of hydrogen-bond donors (Lipinski definition) is 0. The molecule has 34 heavy (non-hydrogen) atoms. The minimum atomic E-state index is -0.301. The molecule has 1 amide bonds. The third kappa shape index (κ3) is 4.61. The van der Waals surface area contributed by atoms with Gasteiger partial charge in [0.1, 0.15) is 5.82 Å². The van der Waals surface area contributed by atoms with Gasteiger partial charge in [-0.25, -0.2) is 4.39 Å². The second-order valence-corrected chi connectivity index (χ2v) is 9.50. The van der Waals surface area contributed by atoms with Crippen LogP contribution in [-0.2, 0) is 11.8 Å². The number of fused-ring (bicyclic) bond motifs is 2. The maximum atomic E-state index is 13.4. The quantitative estimate of drug-likeness (QED) is 0.511. The molecule has 1 saturated heterocycles. The van der Waals surface area contributed by atoms with E-state index in [1.54, 1.807) is 6.07 Å². The summed E-state index contributed by atoms with van der Waals surface area (Å²) in [6, 6.07) is 4.65. The summed E-state index contributed by atoms with van der Waals surface area (Å²) in [6.07, 6.45) is 7.72. The highest BCUT2D eigenvalue weighted by Gasteiger charge is 2.30. The molecule has 8 heteroatoms. The molecule has 1 fully saturated rings. The van der Waals surface area contributed by atoms with Crippen LogP contribution in [0, 0.1) is 5.82 Å². The summed E-state index contributed by atoms with van der Waals surface area (Å²) < 4.78 is 26.7. The molecule has 2 aliphatic rings. The fourth-order valence-electron chi connectivity index (χ4n) is 5.47. The number of piperidine rings is 1. The van der Waals surface area contributed by atoms with Gasteiger partial charge in [0.15, 0.2) is 5.58 Å². The van der Waals surface area contributed by atoms with Gasteiger partial charge in [-0.05, 0) is 64.4 Å². The van der Waals surface area contributed by atoms with Crippen molar-refractivity contribution in [2.45, 2.75) is 44.6 Å². The van der Waals surface area contributed by atoms with E-state index in [9.17, 15) is 9.18 Å². The Hall–Kier alpha value is -2.71. The highest BCUT2D eigenvalue weighted by molar-refractivity contribution is 5.96.